The van der Waals surface area contributed by atoms with Crippen molar-refractivity contribution >= 4 is 33.3 Å². The van der Waals surface area contributed by atoms with Crippen molar-refractivity contribution in [3.05, 3.63) is 58.1 Å². The molecule has 2 aromatic carbocycles. The summed E-state index contributed by atoms with van der Waals surface area (Å²) in [6, 6.07) is 6.72. The van der Waals surface area contributed by atoms with Crippen molar-refractivity contribution in [2.24, 2.45) is 0 Å². The molecule has 154 valence electrons. The van der Waals surface area contributed by atoms with E-state index >= 15 is 0 Å². The molecule has 1 amide bonds. The second-order valence-electron chi connectivity index (χ2n) is 6.00. The van der Waals surface area contributed by atoms with Crippen LogP contribution in [0.1, 0.15) is 12.5 Å². The lowest BCUT2D eigenvalue weighted by molar-refractivity contribution is -0.385. The molecule has 0 aromatic heterocycles. The second-order valence-corrected chi connectivity index (χ2v) is 7.72. The van der Waals surface area contributed by atoms with Crippen LogP contribution in [0.15, 0.2) is 47.4 Å². The van der Waals surface area contributed by atoms with Gasteiger partial charge in [0.2, 0.25) is 15.9 Å². The van der Waals surface area contributed by atoms with E-state index in [4.69, 9.17) is 0 Å². The van der Waals surface area contributed by atoms with E-state index in [1.165, 1.54) is 37.3 Å². The number of carboxylic acids is 1. The first-order valence-corrected chi connectivity index (χ1v) is 9.57. The summed E-state index contributed by atoms with van der Waals surface area (Å²) in [5, 5.41) is 32.2. The van der Waals surface area contributed by atoms with E-state index < -0.39 is 38.4 Å². The number of carboxylic acid groups (broad SMARTS) is 1. The first kappa shape index (κ1) is 21.8. The summed E-state index contributed by atoms with van der Waals surface area (Å²) >= 11 is 0. The van der Waals surface area contributed by atoms with Gasteiger partial charge in [0.15, 0.2) is 5.75 Å². The largest absolute Gasteiger partial charge is 0.502 e. The van der Waals surface area contributed by atoms with E-state index in [1.807, 2.05) is 4.72 Å². The van der Waals surface area contributed by atoms with Gasteiger partial charge in [0.05, 0.1) is 9.82 Å². The number of nitro benzene ring substituents is 1. The summed E-state index contributed by atoms with van der Waals surface area (Å²) in [7, 11) is -4.23. The number of phenols is 1. The van der Waals surface area contributed by atoms with Crippen LogP contribution in [-0.4, -0.2) is 41.5 Å². The smallest absolute Gasteiger partial charge is 0.322 e. The number of nitrogens with zero attached hydrogens (tertiary/aromatic N) is 1. The maximum atomic E-state index is 12.5. The fraction of sp³-hybridized carbons (Fsp3) is 0.176. The monoisotopic (exact) mass is 423 g/mol. The SMILES string of the molecule is CC(=O)Nc1ccc(S(=O)(=O)NC(Cc2ccc(O)c([N+](=O)[O-])c2)C(=O)O)cc1. The number of carbonyl (C=O) groups is 2. The second kappa shape index (κ2) is 8.67. The molecule has 0 heterocycles. The molecular formula is C17H17N3O8S. The first-order valence-electron chi connectivity index (χ1n) is 8.08. The molecule has 0 aliphatic heterocycles. The van der Waals surface area contributed by atoms with Crippen LogP contribution in [0.2, 0.25) is 0 Å². The molecule has 0 spiro atoms. The van der Waals surface area contributed by atoms with Crippen molar-refractivity contribution in [2.75, 3.05) is 5.32 Å². The number of hydrogen-bond donors (Lipinski definition) is 4. The molecule has 0 radical (unpaired) electrons. The van der Waals surface area contributed by atoms with Gasteiger partial charge in [-0.2, -0.15) is 4.72 Å². The number of aromatic hydroxyl groups is 1. The number of anilines is 1. The lowest BCUT2D eigenvalue weighted by atomic mass is 10.1. The molecule has 29 heavy (non-hydrogen) atoms. The fourth-order valence-electron chi connectivity index (χ4n) is 2.43. The van der Waals surface area contributed by atoms with Gasteiger partial charge >= 0.3 is 11.7 Å². The molecule has 2 aromatic rings. The molecule has 0 aliphatic rings. The molecule has 0 bridgehead atoms. The number of benzene rings is 2. The summed E-state index contributed by atoms with van der Waals surface area (Å²) in [6.07, 6.45) is -0.389. The number of sulfonamides is 1. The molecule has 4 N–H and O–H groups in total. The predicted molar refractivity (Wildman–Crippen MR) is 101 cm³/mol. The van der Waals surface area contributed by atoms with E-state index in [2.05, 4.69) is 5.32 Å². The van der Waals surface area contributed by atoms with E-state index in [0.29, 0.717) is 5.69 Å². The molecule has 0 fully saturated rings. The lowest BCUT2D eigenvalue weighted by Gasteiger charge is -2.15. The molecule has 1 unspecified atom stereocenters. The lowest BCUT2D eigenvalue weighted by Crippen LogP contribution is -2.42. The van der Waals surface area contributed by atoms with Crippen LogP contribution in [0, 0.1) is 10.1 Å². The zero-order valence-corrected chi connectivity index (χ0v) is 15.8. The highest BCUT2D eigenvalue weighted by molar-refractivity contribution is 7.89. The van der Waals surface area contributed by atoms with Gasteiger partial charge in [-0.15, -0.1) is 0 Å². The van der Waals surface area contributed by atoms with Crippen LogP contribution in [0.3, 0.4) is 0 Å². The van der Waals surface area contributed by atoms with Crippen LogP contribution in [0.4, 0.5) is 11.4 Å². The van der Waals surface area contributed by atoms with E-state index in [9.17, 15) is 38.3 Å². The molecule has 0 saturated heterocycles. The summed E-state index contributed by atoms with van der Waals surface area (Å²) in [5.74, 6) is -2.42. The van der Waals surface area contributed by atoms with Crippen LogP contribution >= 0.6 is 0 Å². The Labute approximate surface area is 165 Å². The van der Waals surface area contributed by atoms with Gasteiger partial charge in [0.1, 0.15) is 6.04 Å². The van der Waals surface area contributed by atoms with Crippen molar-refractivity contribution in [3.63, 3.8) is 0 Å². The summed E-state index contributed by atoms with van der Waals surface area (Å²) in [5.41, 5.74) is -0.115. The molecule has 0 aliphatic carbocycles. The van der Waals surface area contributed by atoms with Crippen LogP contribution in [0.25, 0.3) is 0 Å². The fourth-order valence-corrected chi connectivity index (χ4v) is 3.62. The number of rotatable bonds is 8. The van der Waals surface area contributed by atoms with Gasteiger partial charge in [0, 0.05) is 18.7 Å². The molecule has 12 heteroatoms. The van der Waals surface area contributed by atoms with E-state index in [0.717, 1.165) is 12.1 Å². The van der Waals surface area contributed by atoms with Crippen molar-refractivity contribution < 1.29 is 33.1 Å². The number of phenolic OH excluding ortho intramolecular Hbond substituents is 1. The molecule has 1 atom stereocenters. The van der Waals surface area contributed by atoms with Crippen LogP contribution < -0.4 is 10.0 Å². The standard InChI is InChI=1S/C17H17N3O8S/c1-10(21)18-12-3-5-13(6-4-12)29(27,28)19-14(17(23)24)8-11-2-7-16(22)15(9-11)20(25)26/h2-7,9,14,19,22H,8H2,1H3,(H,18,21)(H,23,24). The molecule has 11 nitrogen and oxygen atoms in total. The number of nitro groups is 1. The Hall–Kier alpha value is -3.51. The molecular weight excluding hydrogens is 406 g/mol. The van der Waals surface area contributed by atoms with Gasteiger partial charge in [-0.05, 0) is 42.3 Å². The van der Waals surface area contributed by atoms with E-state index in [1.54, 1.807) is 0 Å². The Kier molecular flexibility index (Phi) is 6.51. The highest BCUT2D eigenvalue weighted by atomic mass is 32.2. The van der Waals surface area contributed by atoms with Crippen molar-refractivity contribution in [3.8, 4) is 5.75 Å². The third-order valence-corrected chi connectivity index (χ3v) is 5.24. The summed E-state index contributed by atoms with van der Waals surface area (Å²) in [6.45, 7) is 1.29. The Bertz CT molecular complexity index is 1050. The number of amides is 1. The van der Waals surface area contributed by atoms with Crippen molar-refractivity contribution in [1.29, 1.82) is 0 Å². The Morgan fingerprint density at radius 1 is 1.17 bits per heavy atom. The maximum absolute atomic E-state index is 12.5. The van der Waals surface area contributed by atoms with Gasteiger partial charge in [-0.3, -0.25) is 19.7 Å². The third-order valence-electron chi connectivity index (χ3n) is 3.76. The third kappa shape index (κ3) is 5.73. The topological polar surface area (TPSA) is 176 Å². The Morgan fingerprint density at radius 3 is 2.31 bits per heavy atom. The first-order chi connectivity index (χ1) is 13.5. The average Bonchev–Trinajstić information content (AvgIpc) is 2.62. The van der Waals surface area contributed by atoms with E-state index in [-0.39, 0.29) is 22.8 Å². The van der Waals surface area contributed by atoms with Gasteiger partial charge in [-0.1, -0.05) is 6.07 Å². The van der Waals surface area contributed by atoms with Crippen molar-refractivity contribution in [1.82, 2.24) is 4.72 Å². The predicted octanol–water partition coefficient (Wildman–Crippen LogP) is 1.23. The zero-order valence-electron chi connectivity index (χ0n) is 15.0. The Balaban J connectivity index is 2.23. The number of carbonyl (C=O) groups excluding carboxylic acids is 1. The minimum absolute atomic E-state index is 0.144. The number of aliphatic carboxylic acids is 1. The zero-order chi connectivity index (χ0) is 21.8. The molecule has 2 rings (SSSR count). The summed E-state index contributed by atoms with van der Waals surface area (Å²) in [4.78, 5) is 32.4. The van der Waals surface area contributed by atoms with Gasteiger partial charge < -0.3 is 15.5 Å². The minimum atomic E-state index is -4.23. The highest BCUT2D eigenvalue weighted by Gasteiger charge is 2.26. The molecule has 0 saturated carbocycles. The quantitative estimate of drug-likeness (QED) is 0.362. The number of nitrogens with one attached hydrogen (secondary N) is 2. The van der Waals surface area contributed by atoms with Crippen LogP contribution in [0.5, 0.6) is 5.75 Å². The number of hydrogen-bond acceptors (Lipinski definition) is 7. The Morgan fingerprint density at radius 2 is 1.79 bits per heavy atom. The summed E-state index contributed by atoms with van der Waals surface area (Å²) < 4.78 is 27.0. The normalized spacial score (nSPS) is 12.2. The highest BCUT2D eigenvalue weighted by Crippen LogP contribution is 2.27. The minimum Gasteiger partial charge on any atom is -0.502 e. The average molecular weight is 423 g/mol. The maximum Gasteiger partial charge on any atom is 0.322 e. The van der Waals surface area contributed by atoms with Crippen molar-refractivity contribution in [2.45, 2.75) is 24.3 Å². The van der Waals surface area contributed by atoms with Gasteiger partial charge in [-0.25, -0.2) is 8.42 Å². The van der Waals surface area contributed by atoms with Gasteiger partial charge in [0.25, 0.3) is 0 Å². The van der Waals surface area contributed by atoms with Crippen LogP contribution in [-0.2, 0) is 26.0 Å².